The third kappa shape index (κ3) is 3.78. The molecule has 0 unspecified atom stereocenters. The van der Waals surface area contributed by atoms with Crippen LogP contribution >= 0.6 is 22.9 Å². The lowest BCUT2D eigenvalue weighted by atomic mass is 10.2. The number of nitrogens with zero attached hydrogens (tertiary/aromatic N) is 1. The highest BCUT2D eigenvalue weighted by Crippen LogP contribution is 2.30. The molecule has 0 aliphatic rings. The number of hydrogen-bond acceptors (Lipinski definition) is 3. The molecule has 1 heterocycles. The van der Waals surface area contributed by atoms with E-state index in [4.69, 9.17) is 11.6 Å². The Kier molecular flexibility index (Phi) is 4.74. The Labute approximate surface area is 144 Å². The quantitative estimate of drug-likeness (QED) is 0.728. The number of thiazole rings is 1. The average Bonchev–Trinajstić information content (AvgIpc) is 2.98. The topological polar surface area (TPSA) is 42.0 Å². The summed E-state index contributed by atoms with van der Waals surface area (Å²) in [6.45, 7) is 1.97. The lowest BCUT2D eigenvalue weighted by Crippen LogP contribution is -2.15. The molecule has 0 spiro atoms. The summed E-state index contributed by atoms with van der Waals surface area (Å²) >= 11 is 7.68. The van der Waals surface area contributed by atoms with Gasteiger partial charge in [-0.1, -0.05) is 48.0 Å². The second-order valence-corrected chi connectivity index (χ2v) is 6.43. The van der Waals surface area contributed by atoms with Crippen molar-refractivity contribution in [3.63, 3.8) is 0 Å². The average molecular weight is 343 g/mol. The highest BCUT2D eigenvalue weighted by molar-refractivity contribution is 7.13. The maximum atomic E-state index is 12.2. The number of hydrogen-bond donors (Lipinski definition) is 1. The van der Waals surface area contributed by atoms with Crippen molar-refractivity contribution in [1.29, 1.82) is 0 Å². The van der Waals surface area contributed by atoms with Crippen LogP contribution in [0.15, 0.2) is 53.9 Å². The van der Waals surface area contributed by atoms with E-state index in [9.17, 15) is 4.79 Å². The second kappa shape index (κ2) is 6.94. The zero-order valence-electron chi connectivity index (χ0n) is 12.5. The first-order valence-electron chi connectivity index (χ1n) is 7.18. The molecule has 116 valence electrons. The molecule has 0 atom stereocenters. The summed E-state index contributed by atoms with van der Waals surface area (Å²) in [4.78, 5) is 16.7. The molecule has 0 radical (unpaired) electrons. The van der Waals surface area contributed by atoms with E-state index >= 15 is 0 Å². The number of carbonyl (C=O) groups is 1. The molecule has 2 aromatic carbocycles. The van der Waals surface area contributed by atoms with Gasteiger partial charge in [0.1, 0.15) is 5.01 Å². The maximum absolute atomic E-state index is 12.2. The number of nitrogens with one attached hydrogen (secondary N) is 1. The number of anilines is 1. The van der Waals surface area contributed by atoms with Crippen molar-refractivity contribution in [2.45, 2.75) is 13.3 Å². The minimum atomic E-state index is -0.0738. The van der Waals surface area contributed by atoms with Crippen molar-refractivity contribution in [3.8, 4) is 10.6 Å². The maximum Gasteiger partial charge on any atom is 0.230 e. The molecule has 0 aliphatic heterocycles. The number of amides is 1. The SMILES string of the molecule is Cc1ccccc1NC(=O)Cc1csc(-c2ccccc2Cl)n1. The van der Waals surface area contributed by atoms with Gasteiger partial charge in [-0.2, -0.15) is 0 Å². The Balaban J connectivity index is 1.71. The number of aromatic nitrogens is 1. The van der Waals surface area contributed by atoms with Gasteiger partial charge in [0.15, 0.2) is 0 Å². The zero-order chi connectivity index (χ0) is 16.2. The number of benzene rings is 2. The fourth-order valence-electron chi connectivity index (χ4n) is 2.22. The van der Waals surface area contributed by atoms with Gasteiger partial charge in [0.25, 0.3) is 0 Å². The first-order chi connectivity index (χ1) is 11.1. The van der Waals surface area contributed by atoms with Crippen molar-refractivity contribution in [1.82, 2.24) is 4.98 Å². The number of rotatable bonds is 4. The third-order valence-corrected chi connectivity index (χ3v) is 4.67. The van der Waals surface area contributed by atoms with Gasteiger partial charge < -0.3 is 5.32 Å². The first-order valence-corrected chi connectivity index (χ1v) is 8.44. The van der Waals surface area contributed by atoms with E-state index in [1.165, 1.54) is 11.3 Å². The van der Waals surface area contributed by atoms with E-state index < -0.39 is 0 Å². The fourth-order valence-corrected chi connectivity index (χ4v) is 3.36. The van der Waals surface area contributed by atoms with Gasteiger partial charge in [-0.05, 0) is 24.6 Å². The first kappa shape index (κ1) is 15.7. The van der Waals surface area contributed by atoms with Gasteiger partial charge in [-0.3, -0.25) is 4.79 Å². The van der Waals surface area contributed by atoms with Crippen LogP contribution in [0, 0.1) is 6.92 Å². The van der Waals surface area contributed by atoms with E-state index in [-0.39, 0.29) is 12.3 Å². The summed E-state index contributed by atoms with van der Waals surface area (Å²) in [7, 11) is 0. The molecule has 1 amide bonds. The van der Waals surface area contributed by atoms with Crippen molar-refractivity contribution in [3.05, 3.63) is 70.2 Å². The molecule has 23 heavy (non-hydrogen) atoms. The predicted octanol–water partition coefficient (Wildman–Crippen LogP) is 4.95. The van der Waals surface area contributed by atoms with E-state index in [0.717, 1.165) is 27.5 Å². The van der Waals surface area contributed by atoms with Crippen LogP contribution in [0.3, 0.4) is 0 Å². The van der Waals surface area contributed by atoms with E-state index in [1.807, 2.05) is 60.8 Å². The van der Waals surface area contributed by atoms with Crippen LogP contribution in [0.2, 0.25) is 5.02 Å². The molecule has 0 bridgehead atoms. The molecular weight excluding hydrogens is 328 g/mol. The largest absolute Gasteiger partial charge is 0.326 e. The molecule has 3 nitrogen and oxygen atoms in total. The molecule has 3 rings (SSSR count). The van der Waals surface area contributed by atoms with Gasteiger partial charge in [0, 0.05) is 16.6 Å². The Bertz CT molecular complexity index is 844. The van der Waals surface area contributed by atoms with Crippen LogP contribution in [0.5, 0.6) is 0 Å². The van der Waals surface area contributed by atoms with Crippen LogP contribution in [-0.2, 0) is 11.2 Å². The molecule has 0 aliphatic carbocycles. The monoisotopic (exact) mass is 342 g/mol. The fraction of sp³-hybridized carbons (Fsp3) is 0.111. The third-order valence-electron chi connectivity index (χ3n) is 3.42. The number of carbonyl (C=O) groups excluding carboxylic acids is 1. The number of para-hydroxylation sites is 1. The lowest BCUT2D eigenvalue weighted by Gasteiger charge is -2.06. The standard InChI is InChI=1S/C18H15ClN2OS/c1-12-6-2-5-9-16(12)21-17(22)10-13-11-23-18(20-13)14-7-3-4-8-15(14)19/h2-9,11H,10H2,1H3,(H,21,22). The van der Waals surface area contributed by atoms with Crippen LogP contribution in [0.1, 0.15) is 11.3 Å². The van der Waals surface area contributed by atoms with Gasteiger partial charge >= 0.3 is 0 Å². The van der Waals surface area contributed by atoms with Crippen molar-refractivity contribution < 1.29 is 4.79 Å². The highest BCUT2D eigenvalue weighted by Gasteiger charge is 2.11. The Morgan fingerprint density at radius 2 is 1.91 bits per heavy atom. The van der Waals surface area contributed by atoms with Crippen LogP contribution in [0.4, 0.5) is 5.69 Å². The Hall–Kier alpha value is -2.17. The Morgan fingerprint density at radius 1 is 1.17 bits per heavy atom. The molecule has 0 saturated carbocycles. The molecule has 1 N–H and O–H groups in total. The summed E-state index contributed by atoms with van der Waals surface area (Å²) in [6.07, 6.45) is 0.245. The van der Waals surface area contributed by atoms with Crippen LogP contribution in [-0.4, -0.2) is 10.9 Å². The molecule has 0 fully saturated rings. The van der Waals surface area contributed by atoms with Gasteiger partial charge in [-0.25, -0.2) is 4.98 Å². The predicted molar refractivity (Wildman–Crippen MR) is 96.1 cm³/mol. The molecule has 3 aromatic rings. The van der Waals surface area contributed by atoms with E-state index in [0.29, 0.717) is 5.02 Å². The number of aryl methyl sites for hydroxylation is 1. The van der Waals surface area contributed by atoms with Crippen molar-refractivity contribution >= 4 is 34.5 Å². The van der Waals surface area contributed by atoms with Gasteiger partial charge in [0.05, 0.1) is 17.1 Å². The highest BCUT2D eigenvalue weighted by atomic mass is 35.5. The van der Waals surface area contributed by atoms with Gasteiger partial charge in [-0.15, -0.1) is 11.3 Å². The Morgan fingerprint density at radius 3 is 2.70 bits per heavy atom. The summed E-state index contributed by atoms with van der Waals surface area (Å²) in [5.74, 6) is -0.0738. The lowest BCUT2D eigenvalue weighted by molar-refractivity contribution is -0.115. The van der Waals surface area contributed by atoms with E-state index in [2.05, 4.69) is 10.3 Å². The summed E-state index contributed by atoms with van der Waals surface area (Å²) in [6, 6.07) is 15.3. The van der Waals surface area contributed by atoms with Crippen LogP contribution < -0.4 is 5.32 Å². The summed E-state index contributed by atoms with van der Waals surface area (Å²) in [5.41, 5.74) is 3.51. The van der Waals surface area contributed by atoms with E-state index in [1.54, 1.807) is 0 Å². The zero-order valence-corrected chi connectivity index (χ0v) is 14.1. The van der Waals surface area contributed by atoms with Crippen LogP contribution in [0.25, 0.3) is 10.6 Å². The number of halogens is 1. The van der Waals surface area contributed by atoms with Gasteiger partial charge in [0.2, 0.25) is 5.91 Å². The van der Waals surface area contributed by atoms with Crippen molar-refractivity contribution in [2.75, 3.05) is 5.32 Å². The normalized spacial score (nSPS) is 10.5. The second-order valence-electron chi connectivity index (χ2n) is 5.16. The molecular formula is C18H15ClN2OS. The minimum absolute atomic E-state index is 0.0738. The molecule has 0 saturated heterocycles. The minimum Gasteiger partial charge on any atom is -0.326 e. The smallest absolute Gasteiger partial charge is 0.230 e. The summed E-state index contributed by atoms with van der Waals surface area (Å²) in [5, 5.41) is 6.31. The molecule has 5 heteroatoms. The molecule has 1 aromatic heterocycles. The summed E-state index contributed by atoms with van der Waals surface area (Å²) < 4.78 is 0. The van der Waals surface area contributed by atoms with Crippen molar-refractivity contribution in [2.24, 2.45) is 0 Å².